The van der Waals surface area contributed by atoms with Gasteiger partial charge in [0.2, 0.25) is 5.91 Å². The van der Waals surface area contributed by atoms with Gasteiger partial charge in [0.05, 0.1) is 5.69 Å². The largest absolute Gasteiger partial charge is 0.323 e. The molecule has 3 rings (SSSR count). The third-order valence-electron chi connectivity index (χ3n) is 3.70. The van der Waals surface area contributed by atoms with E-state index in [-0.39, 0.29) is 18.5 Å². The monoisotopic (exact) mass is 280 g/mol. The summed E-state index contributed by atoms with van der Waals surface area (Å²) in [6.07, 6.45) is 0. The molecule has 1 aliphatic rings. The Labute approximate surface area is 123 Å². The molecule has 2 aromatic carbocycles. The van der Waals surface area contributed by atoms with Crippen LogP contribution in [0.1, 0.15) is 17.3 Å². The van der Waals surface area contributed by atoms with Gasteiger partial charge in [-0.1, -0.05) is 30.3 Å². The first-order chi connectivity index (χ1) is 10.1. The lowest BCUT2D eigenvalue weighted by molar-refractivity contribution is -0.116. The van der Waals surface area contributed by atoms with Gasteiger partial charge in [0.25, 0.3) is 5.91 Å². The third kappa shape index (κ3) is 2.29. The van der Waals surface area contributed by atoms with Gasteiger partial charge in [-0.25, -0.2) is 0 Å². The first kappa shape index (κ1) is 13.4. The summed E-state index contributed by atoms with van der Waals surface area (Å²) in [6, 6.07) is 15.2. The predicted molar refractivity (Wildman–Crippen MR) is 82.0 cm³/mol. The molecule has 4 nitrogen and oxygen atoms in total. The maximum Gasteiger partial charge on any atom is 0.255 e. The van der Waals surface area contributed by atoms with Gasteiger partial charge in [0.1, 0.15) is 6.67 Å². The smallest absolute Gasteiger partial charge is 0.255 e. The van der Waals surface area contributed by atoms with Crippen LogP contribution < -0.4 is 4.90 Å². The number of benzene rings is 2. The molecular weight excluding hydrogens is 264 g/mol. The second-order valence-corrected chi connectivity index (χ2v) is 5.19. The van der Waals surface area contributed by atoms with Gasteiger partial charge in [-0.3, -0.25) is 14.5 Å². The Hall–Kier alpha value is -2.62. The number of hydrogen-bond donors (Lipinski definition) is 0. The van der Waals surface area contributed by atoms with E-state index >= 15 is 0 Å². The highest BCUT2D eigenvalue weighted by Gasteiger charge is 2.23. The molecule has 1 aliphatic heterocycles. The van der Waals surface area contributed by atoms with Gasteiger partial charge in [-0.15, -0.1) is 0 Å². The van der Waals surface area contributed by atoms with E-state index in [1.807, 2.05) is 42.5 Å². The SMILES string of the molecule is CC(=O)N1CN(C)C(=O)c2cccc(c2)-c2ccccc21. The van der Waals surface area contributed by atoms with Crippen molar-refractivity contribution in [2.75, 3.05) is 18.6 Å². The summed E-state index contributed by atoms with van der Waals surface area (Å²) >= 11 is 0. The van der Waals surface area contributed by atoms with Gasteiger partial charge in [0, 0.05) is 25.1 Å². The van der Waals surface area contributed by atoms with Crippen LogP contribution in [-0.2, 0) is 4.79 Å². The highest BCUT2D eigenvalue weighted by atomic mass is 16.2. The molecule has 2 bridgehead atoms. The van der Waals surface area contributed by atoms with E-state index in [1.165, 1.54) is 6.92 Å². The first-order valence-corrected chi connectivity index (χ1v) is 6.81. The van der Waals surface area contributed by atoms with Crippen LogP contribution in [0.15, 0.2) is 48.5 Å². The van der Waals surface area contributed by atoms with Crippen LogP contribution in [-0.4, -0.2) is 30.4 Å². The molecule has 0 atom stereocenters. The number of carbonyl (C=O) groups is 2. The van der Waals surface area contributed by atoms with Gasteiger partial charge < -0.3 is 4.90 Å². The van der Waals surface area contributed by atoms with Crippen molar-refractivity contribution >= 4 is 17.5 Å². The Morgan fingerprint density at radius 1 is 1.05 bits per heavy atom. The Kier molecular flexibility index (Phi) is 3.22. The molecule has 106 valence electrons. The topological polar surface area (TPSA) is 40.6 Å². The standard InChI is InChI=1S/C17H16N2O2/c1-12(20)19-11-18(2)17(21)14-7-5-6-13(10-14)15-8-3-4-9-16(15)19/h3-10H,11H2,1-2H3. The molecule has 0 unspecified atom stereocenters. The van der Waals surface area contributed by atoms with Crippen molar-refractivity contribution in [1.29, 1.82) is 0 Å². The molecule has 4 heteroatoms. The number of anilines is 1. The van der Waals surface area contributed by atoms with Crippen molar-refractivity contribution in [1.82, 2.24) is 4.90 Å². The number of rotatable bonds is 0. The Morgan fingerprint density at radius 2 is 1.76 bits per heavy atom. The fraction of sp³-hybridized carbons (Fsp3) is 0.176. The van der Waals surface area contributed by atoms with E-state index < -0.39 is 0 Å². The summed E-state index contributed by atoms with van der Waals surface area (Å²) in [5.74, 6) is -0.173. The second-order valence-electron chi connectivity index (χ2n) is 5.19. The van der Waals surface area contributed by atoms with Crippen LogP contribution in [0.2, 0.25) is 0 Å². The number of hydrogen-bond acceptors (Lipinski definition) is 2. The van der Waals surface area contributed by atoms with E-state index in [9.17, 15) is 9.59 Å². The van der Waals surface area contributed by atoms with E-state index in [0.717, 1.165) is 16.8 Å². The summed E-state index contributed by atoms with van der Waals surface area (Å²) in [6.45, 7) is 1.76. The number of fused-ring (bicyclic) bond motifs is 4. The van der Waals surface area contributed by atoms with Crippen molar-refractivity contribution in [3.8, 4) is 11.1 Å². The summed E-state index contributed by atoms with van der Waals surface area (Å²) in [5, 5.41) is 0. The van der Waals surface area contributed by atoms with Crippen LogP contribution in [0, 0.1) is 0 Å². The van der Waals surface area contributed by atoms with Gasteiger partial charge >= 0.3 is 0 Å². The lowest BCUT2D eigenvalue weighted by Gasteiger charge is -2.27. The molecule has 0 saturated heterocycles. The maximum absolute atomic E-state index is 12.4. The zero-order valence-electron chi connectivity index (χ0n) is 12.0. The maximum atomic E-state index is 12.4. The summed E-state index contributed by atoms with van der Waals surface area (Å²) < 4.78 is 0. The quantitative estimate of drug-likeness (QED) is 0.744. The zero-order valence-corrected chi connectivity index (χ0v) is 12.0. The highest BCUT2D eigenvalue weighted by molar-refractivity contribution is 6.01. The number of nitrogens with zero attached hydrogens (tertiary/aromatic N) is 2. The fourth-order valence-electron chi connectivity index (χ4n) is 2.62. The molecule has 0 spiro atoms. The fourth-order valence-corrected chi connectivity index (χ4v) is 2.62. The molecule has 0 radical (unpaired) electrons. The lowest BCUT2D eigenvalue weighted by Crippen LogP contribution is -2.41. The average molecular weight is 280 g/mol. The number of carbonyl (C=O) groups excluding carboxylic acids is 2. The molecule has 0 saturated carbocycles. The molecule has 0 N–H and O–H groups in total. The van der Waals surface area contributed by atoms with Crippen LogP contribution in [0.5, 0.6) is 0 Å². The van der Waals surface area contributed by atoms with Crippen LogP contribution >= 0.6 is 0 Å². The molecule has 21 heavy (non-hydrogen) atoms. The Bertz CT molecular complexity index is 724. The molecule has 0 aromatic heterocycles. The zero-order chi connectivity index (χ0) is 15.0. The van der Waals surface area contributed by atoms with E-state index in [1.54, 1.807) is 22.9 Å². The molecule has 2 aromatic rings. The van der Waals surface area contributed by atoms with Crippen molar-refractivity contribution in [2.45, 2.75) is 6.92 Å². The van der Waals surface area contributed by atoms with Crippen molar-refractivity contribution in [3.05, 3.63) is 54.1 Å². The molecule has 0 fully saturated rings. The second kappa shape index (κ2) is 5.05. The lowest BCUT2D eigenvalue weighted by atomic mass is 10.0. The summed E-state index contributed by atoms with van der Waals surface area (Å²) in [4.78, 5) is 27.6. The Balaban J connectivity index is 2.27. The van der Waals surface area contributed by atoms with E-state index in [4.69, 9.17) is 0 Å². The van der Waals surface area contributed by atoms with Gasteiger partial charge in [-0.2, -0.15) is 0 Å². The highest BCUT2D eigenvalue weighted by Crippen LogP contribution is 2.32. The van der Waals surface area contributed by atoms with Gasteiger partial charge in [-0.05, 0) is 23.8 Å². The van der Waals surface area contributed by atoms with Crippen LogP contribution in [0.3, 0.4) is 0 Å². The van der Waals surface area contributed by atoms with Crippen molar-refractivity contribution in [2.24, 2.45) is 0 Å². The molecular formula is C17H16N2O2. The average Bonchev–Trinajstić information content (AvgIpc) is 2.53. The third-order valence-corrected chi connectivity index (χ3v) is 3.70. The normalized spacial score (nSPS) is 14.1. The van der Waals surface area contributed by atoms with Gasteiger partial charge in [0.15, 0.2) is 0 Å². The minimum absolute atomic E-state index is 0.0860. The summed E-state index contributed by atoms with van der Waals surface area (Å²) in [5.41, 5.74) is 3.36. The van der Waals surface area contributed by atoms with Crippen LogP contribution in [0.25, 0.3) is 11.1 Å². The minimum atomic E-state index is -0.0871. The van der Waals surface area contributed by atoms with E-state index in [2.05, 4.69) is 0 Å². The Morgan fingerprint density at radius 3 is 2.52 bits per heavy atom. The number of para-hydroxylation sites is 1. The van der Waals surface area contributed by atoms with Crippen molar-refractivity contribution < 1.29 is 9.59 Å². The molecule has 1 heterocycles. The predicted octanol–water partition coefficient (Wildman–Crippen LogP) is 2.75. The molecule has 2 amide bonds. The van der Waals surface area contributed by atoms with Crippen LogP contribution in [0.4, 0.5) is 5.69 Å². The number of amides is 2. The molecule has 0 aliphatic carbocycles. The van der Waals surface area contributed by atoms with Crippen molar-refractivity contribution in [3.63, 3.8) is 0 Å². The first-order valence-electron chi connectivity index (χ1n) is 6.81. The van der Waals surface area contributed by atoms with E-state index in [0.29, 0.717) is 5.56 Å². The minimum Gasteiger partial charge on any atom is -0.323 e. The summed E-state index contributed by atoms with van der Waals surface area (Å²) in [7, 11) is 1.71.